The maximum absolute atomic E-state index is 6.15. The molecular formula is C11H12Cl2N4. The van der Waals surface area contributed by atoms with Gasteiger partial charge in [-0.1, -0.05) is 41.4 Å². The van der Waals surface area contributed by atoms with Crippen molar-refractivity contribution in [1.82, 2.24) is 20.3 Å². The van der Waals surface area contributed by atoms with Gasteiger partial charge in [-0.25, -0.2) is 4.68 Å². The van der Waals surface area contributed by atoms with E-state index >= 15 is 0 Å². The van der Waals surface area contributed by atoms with Gasteiger partial charge in [-0.2, -0.15) is 0 Å². The molecule has 0 aliphatic carbocycles. The molecule has 2 rings (SSSR count). The minimum Gasteiger partial charge on any atom is -0.311 e. The number of hydrogen-bond acceptors (Lipinski definition) is 3. The monoisotopic (exact) mass is 270 g/mol. The van der Waals surface area contributed by atoms with Gasteiger partial charge in [0.2, 0.25) is 0 Å². The van der Waals surface area contributed by atoms with Crippen molar-refractivity contribution in [2.45, 2.75) is 13.5 Å². The molecule has 2 aromatic rings. The molecule has 0 saturated heterocycles. The fourth-order valence-corrected chi connectivity index (χ4v) is 1.86. The van der Waals surface area contributed by atoms with Crippen LogP contribution in [0.1, 0.15) is 12.6 Å². The highest BCUT2D eigenvalue weighted by Crippen LogP contribution is 2.28. The number of benzene rings is 1. The van der Waals surface area contributed by atoms with E-state index in [2.05, 4.69) is 15.6 Å². The van der Waals surface area contributed by atoms with Gasteiger partial charge in [0.05, 0.1) is 27.6 Å². The highest BCUT2D eigenvalue weighted by molar-refractivity contribution is 6.43. The Labute approximate surface area is 110 Å². The van der Waals surface area contributed by atoms with Crippen LogP contribution >= 0.6 is 23.2 Å². The largest absolute Gasteiger partial charge is 0.311 e. The molecule has 0 amide bonds. The Balaban J connectivity index is 2.39. The third-order valence-electron chi connectivity index (χ3n) is 2.34. The standard InChI is InChI=1S/C11H12Cl2N4/c1-2-14-6-8-7-15-16-17(8)10-5-3-4-9(12)11(10)13/h3-5,7,14H,2,6H2,1H3. The molecule has 0 aliphatic rings. The van der Waals surface area contributed by atoms with Gasteiger partial charge in [-0.15, -0.1) is 5.10 Å². The molecule has 1 heterocycles. The van der Waals surface area contributed by atoms with Gasteiger partial charge in [-0.05, 0) is 18.7 Å². The first-order valence-corrected chi connectivity index (χ1v) is 6.04. The average Bonchev–Trinajstić information content (AvgIpc) is 2.78. The second-order valence-corrected chi connectivity index (χ2v) is 4.28. The van der Waals surface area contributed by atoms with Gasteiger partial charge in [0.15, 0.2) is 0 Å². The summed E-state index contributed by atoms with van der Waals surface area (Å²) in [6.45, 7) is 3.61. The van der Waals surface area contributed by atoms with Crippen LogP contribution < -0.4 is 5.32 Å². The molecule has 17 heavy (non-hydrogen) atoms. The van der Waals surface area contributed by atoms with Crippen molar-refractivity contribution in [3.63, 3.8) is 0 Å². The number of halogens is 2. The predicted octanol–water partition coefficient (Wildman–Crippen LogP) is 2.68. The molecule has 1 N–H and O–H groups in total. The molecule has 0 bridgehead atoms. The van der Waals surface area contributed by atoms with E-state index in [1.54, 1.807) is 16.9 Å². The fourth-order valence-electron chi connectivity index (χ4n) is 1.49. The number of rotatable bonds is 4. The van der Waals surface area contributed by atoms with Crippen LogP contribution in [0.15, 0.2) is 24.4 Å². The van der Waals surface area contributed by atoms with Crippen LogP contribution in [0.4, 0.5) is 0 Å². The van der Waals surface area contributed by atoms with Crippen LogP contribution in [0.2, 0.25) is 10.0 Å². The molecule has 0 saturated carbocycles. The van der Waals surface area contributed by atoms with Crippen LogP contribution in [0, 0.1) is 0 Å². The summed E-state index contributed by atoms with van der Waals surface area (Å²) in [4.78, 5) is 0. The summed E-state index contributed by atoms with van der Waals surface area (Å²) in [5, 5.41) is 12.1. The van der Waals surface area contributed by atoms with E-state index < -0.39 is 0 Å². The summed E-state index contributed by atoms with van der Waals surface area (Å²) in [6.07, 6.45) is 1.71. The normalized spacial score (nSPS) is 10.8. The van der Waals surface area contributed by atoms with E-state index in [9.17, 15) is 0 Å². The van der Waals surface area contributed by atoms with E-state index in [0.717, 1.165) is 17.9 Å². The lowest BCUT2D eigenvalue weighted by molar-refractivity contribution is 0.672. The molecule has 0 aliphatic heterocycles. The van der Waals surface area contributed by atoms with E-state index in [1.165, 1.54) is 0 Å². The molecule has 1 aromatic heterocycles. The molecule has 90 valence electrons. The number of nitrogens with one attached hydrogen (secondary N) is 1. The van der Waals surface area contributed by atoms with Crippen LogP contribution in [-0.4, -0.2) is 21.5 Å². The maximum Gasteiger partial charge on any atom is 0.0868 e. The van der Waals surface area contributed by atoms with Crippen molar-refractivity contribution < 1.29 is 0 Å². The summed E-state index contributed by atoms with van der Waals surface area (Å²) in [7, 11) is 0. The van der Waals surface area contributed by atoms with Crippen molar-refractivity contribution in [2.24, 2.45) is 0 Å². The smallest absolute Gasteiger partial charge is 0.0868 e. The van der Waals surface area contributed by atoms with E-state index in [0.29, 0.717) is 16.6 Å². The summed E-state index contributed by atoms with van der Waals surface area (Å²) in [5.74, 6) is 0. The van der Waals surface area contributed by atoms with Gasteiger partial charge in [0, 0.05) is 6.54 Å². The summed E-state index contributed by atoms with van der Waals surface area (Å²) < 4.78 is 1.69. The summed E-state index contributed by atoms with van der Waals surface area (Å²) in [6, 6.07) is 5.44. The first-order chi connectivity index (χ1) is 8.24. The molecular weight excluding hydrogens is 259 g/mol. The third kappa shape index (κ3) is 2.60. The maximum atomic E-state index is 6.15. The Morgan fingerprint density at radius 3 is 2.94 bits per heavy atom. The lowest BCUT2D eigenvalue weighted by Crippen LogP contribution is -2.15. The second kappa shape index (κ2) is 5.49. The van der Waals surface area contributed by atoms with Gasteiger partial charge in [0.25, 0.3) is 0 Å². The molecule has 0 fully saturated rings. The van der Waals surface area contributed by atoms with Crippen molar-refractivity contribution in [3.8, 4) is 5.69 Å². The first kappa shape index (κ1) is 12.4. The van der Waals surface area contributed by atoms with Crippen LogP contribution in [-0.2, 0) is 6.54 Å². The molecule has 0 spiro atoms. The van der Waals surface area contributed by atoms with E-state index in [-0.39, 0.29) is 0 Å². The third-order valence-corrected chi connectivity index (χ3v) is 3.14. The predicted molar refractivity (Wildman–Crippen MR) is 68.8 cm³/mol. The second-order valence-electron chi connectivity index (χ2n) is 3.49. The van der Waals surface area contributed by atoms with Gasteiger partial charge in [-0.3, -0.25) is 0 Å². The molecule has 0 unspecified atom stereocenters. The van der Waals surface area contributed by atoms with E-state index in [4.69, 9.17) is 23.2 Å². The van der Waals surface area contributed by atoms with E-state index in [1.807, 2.05) is 19.1 Å². The number of nitrogens with zero attached hydrogens (tertiary/aromatic N) is 3. The fraction of sp³-hybridized carbons (Fsp3) is 0.273. The van der Waals surface area contributed by atoms with Crippen molar-refractivity contribution in [3.05, 3.63) is 40.1 Å². The molecule has 0 radical (unpaired) electrons. The van der Waals surface area contributed by atoms with Gasteiger partial charge >= 0.3 is 0 Å². The van der Waals surface area contributed by atoms with Crippen molar-refractivity contribution in [2.75, 3.05) is 6.54 Å². The Morgan fingerprint density at radius 1 is 1.35 bits per heavy atom. The molecule has 4 nitrogen and oxygen atoms in total. The Bertz CT molecular complexity index is 510. The summed E-state index contributed by atoms with van der Waals surface area (Å²) >= 11 is 12.1. The lowest BCUT2D eigenvalue weighted by Gasteiger charge is -2.08. The first-order valence-electron chi connectivity index (χ1n) is 5.28. The minimum absolute atomic E-state index is 0.484. The Hall–Kier alpha value is -1.10. The van der Waals surface area contributed by atoms with Crippen LogP contribution in [0.25, 0.3) is 5.69 Å². The van der Waals surface area contributed by atoms with Crippen molar-refractivity contribution >= 4 is 23.2 Å². The van der Waals surface area contributed by atoms with Gasteiger partial charge in [0.1, 0.15) is 0 Å². The quantitative estimate of drug-likeness (QED) is 0.929. The Morgan fingerprint density at radius 2 is 2.18 bits per heavy atom. The zero-order valence-corrected chi connectivity index (χ0v) is 10.8. The molecule has 0 atom stereocenters. The number of hydrogen-bond donors (Lipinski definition) is 1. The van der Waals surface area contributed by atoms with Crippen LogP contribution in [0.3, 0.4) is 0 Å². The Kier molecular flexibility index (Phi) is 3.99. The topological polar surface area (TPSA) is 42.7 Å². The SMILES string of the molecule is CCNCc1cnnn1-c1cccc(Cl)c1Cl. The average molecular weight is 271 g/mol. The summed E-state index contributed by atoms with van der Waals surface area (Å²) in [5.41, 5.74) is 1.68. The zero-order chi connectivity index (χ0) is 12.3. The zero-order valence-electron chi connectivity index (χ0n) is 9.32. The van der Waals surface area contributed by atoms with Crippen LogP contribution in [0.5, 0.6) is 0 Å². The highest BCUT2D eigenvalue weighted by Gasteiger charge is 2.11. The lowest BCUT2D eigenvalue weighted by atomic mass is 10.3. The minimum atomic E-state index is 0.484. The highest BCUT2D eigenvalue weighted by atomic mass is 35.5. The molecule has 6 heteroatoms. The van der Waals surface area contributed by atoms with Crippen molar-refractivity contribution in [1.29, 1.82) is 0 Å². The number of aromatic nitrogens is 3. The van der Waals surface area contributed by atoms with Gasteiger partial charge < -0.3 is 5.32 Å². The molecule has 1 aromatic carbocycles.